The molecule has 0 aliphatic heterocycles. The number of aromatic nitrogens is 1. The fourth-order valence-electron chi connectivity index (χ4n) is 2.07. The summed E-state index contributed by atoms with van der Waals surface area (Å²) < 4.78 is 6.19. The maximum absolute atomic E-state index is 12.2. The van der Waals surface area contributed by atoms with Gasteiger partial charge in [-0.25, -0.2) is 0 Å². The van der Waals surface area contributed by atoms with Crippen LogP contribution >= 0.6 is 15.9 Å². The van der Waals surface area contributed by atoms with Gasteiger partial charge in [0.2, 0.25) is 5.91 Å². The second-order valence-electron chi connectivity index (χ2n) is 4.82. The van der Waals surface area contributed by atoms with E-state index in [0.717, 1.165) is 0 Å². The number of halogens is 1. The highest BCUT2D eigenvalue weighted by Gasteiger charge is 2.13. The average molecular weight is 374 g/mol. The lowest BCUT2D eigenvalue weighted by Crippen LogP contribution is -2.12. The Morgan fingerprint density at radius 3 is 2.65 bits per heavy atom. The van der Waals surface area contributed by atoms with Gasteiger partial charge in [0.1, 0.15) is 5.52 Å². The van der Waals surface area contributed by atoms with Crippen LogP contribution in [-0.4, -0.2) is 16.8 Å². The van der Waals surface area contributed by atoms with Crippen molar-refractivity contribution in [3.63, 3.8) is 0 Å². The summed E-state index contributed by atoms with van der Waals surface area (Å²) in [5.41, 5.74) is 2.14. The number of hydrogen-bond donors (Lipinski definition) is 2. The van der Waals surface area contributed by atoms with Gasteiger partial charge in [0.25, 0.3) is 5.91 Å². The Kier molecular flexibility index (Phi) is 4.12. The van der Waals surface area contributed by atoms with Gasteiger partial charge < -0.3 is 9.73 Å². The minimum absolute atomic E-state index is 0.0979. The standard InChI is InChI=1S/C16H12BrN3O3/c1-9(21)18-10-6-7-13-14(8-10)23-16(19-13)20-15(22)11-4-2-3-5-12(11)17/h2-8H,1H3,(H,18,21)(H,19,20,22). The zero-order valence-electron chi connectivity index (χ0n) is 12.1. The summed E-state index contributed by atoms with van der Waals surface area (Å²) in [6, 6.07) is 12.2. The van der Waals surface area contributed by atoms with E-state index in [4.69, 9.17) is 4.42 Å². The zero-order valence-corrected chi connectivity index (χ0v) is 13.7. The van der Waals surface area contributed by atoms with E-state index in [1.165, 1.54) is 6.92 Å². The molecule has 7 heteroatoms. The van der Waals surface area contributed by atoms with Gasteiger partial charge in [-0.3, -0.25) is 14.9 Å². The summed E-state index contributed by atoms with van der Waals surface area (Å²) in [5, 5.41) is 5.27. The van der Waals surface area contributed by atoms with Gasteiger partial charge in [0.05, 0.1) is 5.56 Å². The Morgan fingerprint density at radius 1 is 1.13 bits per heavy atom. The van der Waals surface area contributed by atoms with Crippen LogP contribution in [0.25, 0.3) is 11.1 Å². The summed E-state index contributed by atoms with van der Waals surface area (Å²) >= 11 is 3.33. The molecule has 0 unspecified atom stereocenters. The van der Waals surface area contributed by atoms with Crippen LogP contribution in [0.1, 0.15) is 17.3 Å². The van der Waals surface area contributed by atoms with Crippen molar-refractivity contribution < 1.29 is 14.0 Å². The molecule has 2 amide bonds. The lowest BCUT2D eigenvalue weighted by atomic mass is 10.2. The molecule has 1 heterocycles. The Morgan fingerprint density at radius 2 is 1.91 bits per heavy atom. The smallest absolute Gasteiger partial charge is 0.302 e. The Balaban J connectivity index is 1.85. The third kappa shape index (κ3) is 3.40. The van der Waals surface area contributed by atoms with Gasteiger partial charge in [0.15, 0.2) is 5.58 Å². The normalized spacial score (nSPS) is 10.5. The Labute approximate surface area is 140 Å². The molecule has 0 saturated carbocycles. The van der Waals surface area contributed by atoms with Gasteiger partial charge in [-0.05, 0) is 40.2 Å². The molecule has 23 heavy (non-hydrogen) atoms. The number of anilines is 2. The molecule has 0 spiro atoms. The highest BCUT2D eigenvalue weighted by Crippen LogP contribution is 2.24. The Bertz CT molecular complexity index is 904. The average Bonchev–Trinajstić information content (AvgIpc) is 2.88. The van der Waals surface area contributed by atoms with E-state index in [9.17, 15) is 9.59 Å². The van der Waals surface area contributed by atoms with E-state index >= 15 is 0 Å². The van der Waals surface area contributed by atoms with Crippen molar-refractivity contribution in [3.05, 3.63) is 52.5 Å². The van der Waals surface area contributed by atoms with Gasteiger partial charge in [-0.2, -0.15) is 4.98 Å². The van der Waals surface area contributed by atoms with E-state index < -0.39 is 0 Å². The van der Waals surface area contributed by atoms with E-state index in [2.05, 4.69) is 31.5 Å². The predicted molar refractivity (Wildman–Crippen MR) is 90.4 cm³/mol. The molecule has 6 nitrogen and oxygen atoms in total. The number of fused-ring (bicyclic) bond motifs is 1. The fourth-order valence-corrected chi connectivity index (χ4v) is 2.53. The van der Waals surface area contributed by atoms with Crippen LogP contribution < -0.4 is 10.6 Å². The van der Waals surface area contributed by atoms with Crippen molar-refractivity contribution in [1.29, 1.82) is 0 Å². The van der Waals surface area contributed by atoms with Crippen LogP contribution in [0, 0.1) is 0 Å². The van der Waals surface area contributed by atoms with Crippen molar-refractivity contribution in [2.75, 3.05) is 10.6 Å². The molecule has 2 aromatic carbocycles. The molecule has 116 valence electrons. The number of carbonyl (C=O) groups excluding carboxylic acids is 2. The second kappa shape index (κ2) is 6.21. The van der Waals surface area contributed by atoms with Gasteiger partial charge in [-0.1, -0.05) is 12.1 Å². The molecule has 0 radical (unpaired) electrons. The maximum atomic E-state index is 12.2. The Hall–Kier alpha value is -2.67. The first-order valence-electron chi connectivity index (χ1n) is 6.77. The minimum Gasteiger partial charge on any atom is -0.423 e. The number of nitrogens with zero attached hydrogens (tertiary/aromatic N) is 1. The highest BCUT2D eigenvalue weighted by molar-refractivity contribution is 9.10. The summed E-state index contributed by atoms with van der Waals surface area (Å²) in [6.07, 6.45) is 0. The molecule has 0 atom stereocenters. The van der Waals surface area contributed by atoms with Crippen LogP contribution in [0.3, 0.4) is 0 Å². The number of oxazole rings is 1. The number of benzene rings is 2. The summed E-state index contributed by atoms with van der Waals surface area (Å²) in [7, 11) is 0. The molecule has 0 saturated heterocycles. The molecule has 0 bridgehead atoms. The third-order valence-electron chi connectivity index (χ3n) is 3.05. The minimum atomic E-state index is -0.328. The number of amides is 2. The summed E-state index contributed by atoms with van der Waals surface area (Å²) in [5.74, 6) is -0.502. The summed E-state index contributed by atoms with van der Waals surface area (Å²) in [4.78, 5) is 27.5. The van der Waals surface area contributed by atoms with Gasteiger partial charge >= 0.3 is 6.01 Å². The number of rotatable bonds is 3. The molecular formula is C16H12BrN3O3. The first kappa shape index (κ1) is 15.2. The van der Waals surface area contributed by atoms with Crippen molar-refractivity contribution in [3.8, 4) is 0 Å². The van der Waals surface area contributed by atoms with Gasteiger partial charge in [0, 0.05) is 23.2 Å². The van der Waals surface area contributed by atoms with Crippen LogP contribution in [0.4, 0.5) is 11.7 Å². The van der Waals surface area contributed by atoms with Crippen molar-refractivity contribution in [2.45, 2.75) is 6.92 Å². The lowest BCUT2D eigenvalue weighted by molar-refractivity contribution is -0.114. The predicted octanol–water partition coefficient (Wildman–Crippen LogP) is 3.80. The quantitative estimate of drug-likeness (QED) is 0.731. The lowest BCUT2D eigenvalue weighted by Gasteiger charge is -2.02. The molecular weight excluding hydrogens is 362 g/mol. The maximum Gasteiger partial charge on any atom is 0.302 e. The van der Waals surface area contributed by atoms with E-state index in [1.807, 2.05) is 6.07 Å². The first-order valence-corrected chi connectivity index (χ1v) is 7.56. The van der Waals surface area contributed by atoms with E-state index in [0.29, 0.717) is 26.8 Å². The number of hydrogen-bond acceptors (Lipinski definition) is 4. The highest BCUT2D eigenvalue weighted by atomic mass is 79.9. The van der Waals surface area contributed by atoms with Crippen LogP contribution in [0.15, 0.2) is 51.4 Å². The molecule has 2 N–H and O–H groups in total. The van der Waals surface area contributed by atoms with Crippen LogP contribution in [-0.2, 0) is 4.79 Å². The molecule has 0 aliphatic rings. The zero-order chi connectivity index (χ0) is 16.4. The molecule has 3 aromatic rings. The molecule has 0 fully saturated rings. The fraction of sp³-hybridized carbons (Fsp3) is 0.0625. The van der Waals surface area contributed by atoms with E-state index in [-0.39, 0.29) is 17.8 Å². The third-order valence-corrected chi connectivity index (χ3v) is 3.74. The second-order valence-corrected chi connectivity index (χ2v) is 5.67. The number of carbonyl (C=O) groups is 2. The van der Waals surface area contributed by atoms with Gasteiger partial charge in [-0.15, -0.1) is 0 Å². The molecule has 1 aromatic heterocycles. The van der Waals surface area contributed by atoms with Crippen LogP contribution in [0.2, 0.25) is 0 Å². The topological polar surface area (TPSA) is 84.2 Å². The monoisotopic (exact) mass is 373 g/mol. The van der Waals surface area contributed by atoms with Crippen molar-refractivity contribution in [1.82, 2.24) is 4.98 Å². The number of nitrogens with one attached hydrogen (secondary N) is 2. The molecule has 0 aliphatic carbocycles. The van der Waals surface area contributed by atoms with E-state index in [1.54, 1.807) is 36.4 Å². The van der Waals surface area contributed by atoms with Crippen molar-refractivity contribution >= 4 is 50.5 Å². The SMILES string of the molecule is CC(=O)Nc1ccc2nc(NC(=O)c3ccccc3Br)oc2c1. The largest absolute Gasteiger partial charge is 0.423 e. The molecule has 3 rings (SSSR count). The first-order chi connectivity index (χ1) is 11.0. The van der Waals surface area contributed by atoms with Crippen LogP contribution in [0.5, 0.6) is 0 Å². The summed E-state index contributed by atoms with van der Waals surface area (Å²) in [6.45, 7) is 1.42. The van der Waals surface area contributed by atoms with Crippen molar-refractivity contribution in [2.24, 2.45) is 0 Å².